The third kappa shape index (κ3) is 4.75. The van der Waals surface area contributed by atoms with E-state index < -0.39 is 52.6 Å². The number of carbonyl (C=O) groups excluding carboxylic acids is 4. The highest BCUT2D eigenvalue weighted by molar-refractivity contribution is 9.10. The molecule has 3 fully saturated rings. The van der Waals surface area contributed by atoms with Crippen molar-refractivity contribution >= 4 is 62.5 Å². The van der Waals surface area contributed by atoms with E-state index in [1.807, 2.05) is 6.08 Å². The van der Waals surface area contributed by atoms with Crippen LogP contribution in [-0.2, 0) is 24.6 Å². The maximum absolute atomic E-state index is 15.1. The highest BCUT2D eigenvalue weighted by atomic mass is 79.9. The lowest BCUT2D eigenvalue weighted by molar-refractivity contribution is -0.138. The Kier molecular flexibility index (Phi) is 7.49. The molecule has 8 nitrogen and oxygen atoms in total. The van der Waals surface area contributed by atoms with Gasteiger partial charge < -0.3 is 5.11 Å². The summed E-state index contributed by atoms with van der Waals surface area (Å²) >= 11 is 9.74. The number of benzene rings is 4. The van der Waals surface area contributed by atoms with Gasteiger partial charge in [-0.05, 0) is 103 Å². The normalized spacial score (nSPS) is 27.5. The summed E-state index contributed by atoms with van der Waals surface area (Å²) in [6, 6.07) is 25.7. The zero-order valence-corrected chi connectivity index (χ0v) is 28.1. The molecule has 0 radical (unpaired) electrons. The van der Waals surface area contributed by atoms with Crippen molar-refractivity contribution in [3.63, 3.8) is 0 Å². The molecule has 4 aromatic rings. The number of hydrogen-bond donors (Lipinski definition) is 2. The number of allylic oxidation sites excluding steroid dienone is 2. The fraction of sp³-hybridized carbons (Fsp3) is 0.211. The van der Waals surface area contributed by atoms with E-state index in [1.165, 1.54) is 41.3 Å². The van der Waals surface area contributed by atoms with Gasteiger partial charge in [-0.15, -0.1) is 0 Å². The number of imide groups is 2. The van der Waals surface area contributed by atoms with Crippen LogP contribution in [-0.4, -0.2) is 33.7 Å². The van der Waals surface area contributed by atoms with Gasteiger partial charge in [0.05, 0.1) is 34.5 Å². The first-order chi connectivity index (χ1) is 23.6. The van der Waals surface area contributed by atoms with Crippen LogP contribution in [0.2, 0.25) is 5.02 Å². The Bertz CT molecular complexity index is 2060. The monoisotopic (exact) mass is 739 g/mol. The molecule has 2 N–H and O–H groups in total. The molecule has 0 spiro atoms. The van der Waals surface area contributed by atoms with E-state index in [4.69, 9.17) is 11.6 Å². The number of fused-ring (bicyclic) bond motifs is 4. The summed E-state index contributed by atoms with van der Waals surface area (Å²) in [5.74, 6) is -5.72. The number of phenolic OH excluding ortho intramolecular Hbond substituents is 1. The second kappa shape index (κ2) is 11.7. The second-order valence-corrected chi connectivity index (χ2v) is 14.3. The number of aromatic hydroxyl groups is 1. The van der Waals surface area contributed by atoms with E-state index in [1.54, 1.807) is 60.7 Å². The van der Waals surface area contributed by atoms with Gasteiger partial charge in [-0.25, -0.2) is 4.39 Å². The molecule has 246 valence electrons. The number of anilines is 2. The standard InChI is InChI=1S/C38H28BrClFN3O5/c39-22-5-13-26(14-6-22)43-34(46)29-18-17-28-30(32(29)36(43)48)19-31-35(47)44(42-25-11-9-24(41)10-12-25)37(49)38(31,21-3-7-23(40)8-4-21)33(28)20-1-15-27(45)16-2-20/h1-17,29-33,42,45H,18-19H2. The summed E-state index contributed by atoms with van der Waals surface area (Å²) in [5.41, 5.74) is 4.28. The van der Waals surface area contributed by atoms with Crippen molar-refractivity contribution < 1.29 is 28.7 Å². The van der Waals surface area contributed by atoms with Crippen molar-refractivity contribution in [1.29, 1.82) is 0 Å². The number of halogens is 3. The Balaban J connectivity index is 1.31. The Labute approximate surface area is 294 Å². The SMILES string of the molecule is O=C1C2CC3C(=CCC4C(=O)N(c5ccc(Br)cc5)C(=O)C43)C(c3ccc(O)cc3)C2(c2ccc(Cl)cc2)C(=O)N1Nc1ccc(F)cc1. The molecule has 6 unspecified atom stereocenters. The molecule has 4 aromatic carbocycles. The van der Waals surface area contributed by atoms with Crippen molar-refractivity contribution in [2.45, 2.75) is 24.2 Å². The smallest absolute Gasteiger partial charge is 0.260 e. The predicted molar refractivity (Wildman–Crippen MR) is 184 cm³/mol. The lowest BCUT2D eigenvalue weighted by atomic mass is 9.49. The minimum atomic E-state index is -1.49. The van der Waals surface area contributed by atoms with Crippen LogP contribution in [0.4, 0.5) is 15.8 Å². The molecule has 4 amide bonds. The molecular weight excluding hydrogens is 713 g/mol. The average Bonchev–Trinajstić information content (AvgIpc) is 3.48. The van der Waals surface area contributed by atoms with Crippen LogP contribution in [0.3, 0.4) is 0 Å². The summed E-state index contributed by atoms with van der Waals surface area (Å²) in [5, 5.41) is 11.7. The van der Waals surface area contributed by atoms with Crippen LogP contribution in [0.5, 0.6) is 5.75 Å². The first kappa shape index (κ1) is 31.5. The van der Waals surface area contributed by atoms with E-state index in [9.17, 15) is 23.9 Å². The second-order valence-electron chi connectivity index (χ2n) is 13.0. The van der Waals surface area contributed by atoms with Gasteiger partial charge in [0, 0.05) is 15.4 Å². The Morgan fingerprint density at radius 3 is 2.16 bits per heavy atom. The molecule has 49 heavy (non-hydrogen) atoms. The minimum absolute atomic E-state index is 0.0287. The van der Waals surface area contributed by atoms with Gasteiger partial charge in [0.2, 0.25) is 11.8 Å². The lowest BCUT2D eigenvalue weighted by Crippen LogP contribution is -2.53. The van der Waals surface area contributed by atoms with Crippen LogP contribution in [0.15, 0.2) is 113 Å². The van der Waals surface area contributed by atoms with Crippen LogP contribution in [0, 0.1) is 29.5 Å². The fourth-order valence-electron chi connectivity index (χ4n) is 8.54. The van der Waals surface area contributed by atoms with E-state index in [0.717, 1.165) is 15.1 Å². The summed E-state index contributed by atoms with van der Waals surface area (Å²) < 4.78 is 14.6. The lowest BCUT2D eigenvalue weighted by Gasteiger charge is -2.50. The first-order valence-corrected chi connectivity index (χ1v) is 17.1. The van der Waals surface area contributed by atoms with Gasteiger partial charge >= 0.3 is 0 Å². The van der Waals surface area contributed by atoms with Gasteiger partial charge in [-0.1, -0.05) is 63.4 Å². The first-order valence-electron chi connectivity index (χ1n) is 15.9. The quantitative estimate of drug-likeness (QED) is 0.167. The van der Waals surface area contributed by atoms with Gasteiger partial charge in [0.25, 0.3) is 11.8 Å². The number of amides is 4. The summed E-state index contributed by atoms with van der Waals surface area (Å²) in [6.45, 7) is 0. The highest BCUT2D eigenvalue weighted by Crippen LogP contribution is 2.64. The molecular formula is C38H28BrClFN3O5. The average molecular weight is 741 g/mol. The minimum Gasteiger partial charge on any atom is -0.508 e. The molecule has 0 bridgehead atoms. The van der Waals surface area contributed by atoms with Crippen molar-refractivity contribution in [1.82, 2.24) is 5.01 Å². The molecule has 4 aliphatic rings. The zero-order chi connectivity index (χ0) is 34.2. The predicted octanol–water partition coefficient (Wildman–Crippen LogP) is 7.14. The van der Waals surface area contributed by atoms with E-state index in [0.29, 0.717) is 27.5 Å². The summed E-state index contributed by atoms with van der Waals surface area (Å²) in [4.78, 5) is 59.2. The van der Waals surface area contributed by atoms with Crippen molar-refractivity contribution in [3.8, 4) is 5.75 Å². The molecule has 2 saturated heterocycles. The van der Waals surface area contributed by atoms with Crippen LogP contribution < -0.4 is 10.3 Å². The number of phenols is 1. The van der Waals surface area contributed by atoms with Crippen LogP contribution in [0.25, 0.3) is 0 Å². The third-order valence-corrected chi connectivity index (χ3v) is 11.3. The number of hydrazine groups is 1. The number of nitrogens with zero attached hydrogens (tertiary/aromatic N) is 2. The van der Waals surface area contributed by atoms with Gasteiger partial charge in [0.1, 0.15) is 11.6 Å². The molecule has 6 atom stereocenters. The highest BCUT2D eigenvalue weighted by Gasteiger charge is 2.70. The third-order valence-electron chi connectivity index (χ3n) is 10.6. The van der Waals surface area contributed by atoms with Crippen LogP contribution in [0.1, 0.15) is 29.9 Å². The molecule has 2 heterocycles. The topological polar surface area (TPSA) is 107 Å². The fourth-order valence-corrected chi connectivity index (χ4v) is 8.93. The van der Waals surface area contributed by atoms with E-state index >= 15 is 4.79 Å². The van der Waals surface area contributed by atoms with E-state index in [-0.39, 0.29) is 30.4 Å². The molecule has 0 aromatic heterocycles. The molecule has 11 heteroatoms. The van der Waals surface area contributed by atoms with Crippen molar-refractivity contribution in [2.24, 2.45) is 23.7 Å². The van der Waals surface area contributed by atoms with Crippen molar-refractivity contribution in [2.75, 3.05) is 10.3 Å². The van der Waals surface area contributed by atoms with Gasteiger partial charge in [0.15, 0.2) is 0 Å². The summed E-state index contributed by atoms with van der Waals surface area (Å²) in [7, 11) is 0. The van der Waals surface area contributed by atoms with E-state index in [2.05, 4.69) is 21.4 Å². The van der Waals surface area contributed by atoms with Gasteiger partial charge in [-0.2, -0.15) is 5.01 Å². The maximum Gasteiger partial charge on any atom is 0.260 e. The van der Waals surface area contributed by atoms with Gasteiger partial charge in [-0.3, -0.25) is 29.5 Å². The molecule has 2 aliphatic heterocycles. The molecule has 8 rings (SSSR count). The molecule has 1 saturated carbocycles. The largest absolute Gasteiger partial charge is 0.508 e. The maximum atomic E-state index is 15.1. The number of nitrogens with one attached hydrogen (secondary N) is 1. The van der Waals surface area contributed by atoms with Crippen LogP contribution >= 0.6 is 27.5 Å². The van der Waals surface area contributed by atoms with Crippen molar-refractivity contribution in [3.05, 3.63) is 135 Å². The zero-order valence-electron chi connectivity index (χ0n) is 25.7. The Morgan fingerprint density at radius 2 is 1.49 bits per heavy atom. The number of carbonyl (C=O) groups is 4. The number of rotatable bonds is 5. The Hall–Kier alpha value is -4.80. The number of hydrogen-bond acceptors (Lipinski definition) is 6. The Morgan fingerprint density at radius 1 is 0.816 bits per heavy atom. The summed E-state index contributed by atoms with van der Waals surface area (Å²) in [6.07, 6.45) is 2.38. The molecule has 2 aliphatic carbocycles.